The van der Waals surface area contributed by atoms with Crippen LogP contribution in [0.15, 0.2) is 147 Å². The fourth-order valence-electron chi connectivity index (χ4n) is 11.7. The molecule has 0 aliphatic carbocycles. The van der Waals surface area contributed by atoms with Crippen molar-refractivity contribution in [1.82, 2.24) is 30.4 Å². The van der Waals surface area contributed by atoms with Crippen LogP contribution < -0.4 is 20.1 Å². The number of hydrogen-bond donors (Lipinski definition) is 2. The van der Waals surface area contributed by atoms with Crippen molar-refractivity contribution in [3.05, 3.63) is 169 Å². The SMILES string of the molecule is C=C[C@H]1CN2CC[C@H]1C[C@@H]2[C@@H](OC(=O)N[C@H](c1ccccc1)[C@H](NC(=O)O[C@@H](c1ccnc2ccc(OC)cc12)[C@H]1C[C@@H]2CCN1C[C@@H]2C=C)c1ccccc1)c1ccnc2ccc(OC)cc12. The van der Waals surface area contributed by atoms with Crippen molar-refractivity contribution in [2.75, 3.05) is 40.4 Å². The summed E-state index contributed by atoms with van der Waals surface area (Å²) in [5.74, 6) is 2.97. The molecule has 2 unspecified atom stereocenters. The second-order valence-electron chi connectivity index (χ2n) is 18.8. The predicted octanol–water partition coefficient (Wildman–Crippen LogP) is 10.3. The minimum atomic E-state index is -0.783. The summed E-state index contributed by atoms with van der Waals surface area (Å²) in [6, 6.07) is 33.2. The number of methoxy groups -OCH3 is 2. The molecule has 6 aliphatic heterocycles. The fourth-order valence-corrected chi connectivity index (χ4v) is 11.7. The first-order valence-electron chi connectivity index (χ1n) is 23.9. The maximum atomic E-state index is 15.0. The molecule has 12 heteroatoms. The van der Waals surface area contributed by atoms with Crippen molar-refractivity contribution in [1.29, 1.82) is 0 Å². The van der Waals surface area contributed by atoms with Crippen LogP contribution in [0.3, 0.4) is 0 Å². The first kappa shape index (κ1) is 45.0. The van der Waals surface area contributed by atoms with Gasteiger partial charge >= 0.3 is 12.2 Å². The molecular weight excluding hydrogens is 853 g/mol. The van der Waals surface area contributed by atoms with E-state index in [2.05, 4.69) is 55.7 Å². The standard InChI is InChI=1S/C56H60N6O6/c1-5-35-33-61-27-23-39(35)29-49(61)53(43-21-25-57-47-19-17-41(65-3)31-45(43)47)67-55(63)59-51(37-13-9-7-10-14-37)52(38-15-11-8-12-16-38)60-56(64)68-54(50-30-40-24-28-62(50)34-36(40)6-2)44-22-26-58-48-20-18-42(66-4)32-46(44)48/h5-22,25-26,31-32,35-36,39-40,49-54H,1-2,23-24,27-30,33-34H2,3-4H3,(H,59,63)(H,60,64)/t35-,36-,39-,40-,49+,50+,51+,52+,53-,54-/m0/s1. The number of carbonyl (C=O) groups is 2. The minimum absolute atomic E-state index is 0.0885. The van der Waals surface area contributed by atoms with Crippen molar-refractivity contribution >= 4 is 34.0 Å². The highest BCUT2D eigenvalue weighted by atomic mass is 16.6. The molecule has 6 aliphatic rings. The number of ether oxygens (including phenoxy) is 4. The summed E-state index contributed by atoms with van der Waals surface area (Å²) in [4.78, 5) is 44.1. The quantitative estimate of drug-likeness (QED) is 0.0962. The average molecular weight is 913 g/mol. The normalized spacial score (nSPS) is 25.6. The molecular formula is C56H60N6O6. The van der Waals surface area contributed by atoms with Gasteiger partial charge in [-0.05, 0) is 122 Å². The van der Waals surface area contributed by atoms with Crippen LogP contribution in [-0.4, -0.2) is 84.4 Å². The zero-order valence-corrected chi connectivity index (χ0v) is 38.8. The highest BCUT2D eigenvalue weighted by Gasteiger charge is 2.46. The number of alkyl carbamates (subject to hydrolysis) is 2. The number of benzene rings is 4. The molecule has 8 heterocycles. The number of nitrogens with zero attached hydrogens (tertiary/aromatic N) is 4. The van der Waals surface area contributed by atoms with Crippen LogP contribution in [0.2, 0.25) is 0 Å². The van der Waals surface area contributed by atoms with Gasteiger partial charge in [-0.3, -0.25) is 19.8 Å². The Labute approximate surface area is 398 Å². The molecule has 12 nitrogen and oxygen atoms in total. The van der Waals surface area contributed by atoms with E-state index >= 15 is 0 Å². The van der Waals surface area contributed by atoms with Crippen LogP contribution in [0.5, 0.6) is 11.5 Å². The molecule has 0 radical (unpaired) electrons. The Morgan fingerprint density at radius 3 is 1.41 bits per heavy atom. The number of nitrogens with one attached hydrogen (secondary N) is 2. The van der Waals surface area contributed by atoms with E-state index in [4.69, 9.17) is 18.9 Å². The minimum Gasteiger partial charge on any atom is -0.497 e. The van der Waals surface area contributed by atoms with Crippen LogP contribution in [0.4, 0.5) is 9.59 Å². The third-order valence-corrected chi connectivity index (χ3v) is 15.3. The predicted molar refractivity (Wildman–Crippen MR) is 263 cm³/mol. The number of piperidine rings is 6. The first-order chi connectivity index (χ1) is 33.3. The Morgan fingerprint density at radius 2 is 1.04 bits per heavy atom. The number of hydrogen-bond acceptors (Lipinski definition) is 10. The molecule has 350 valence electrons. The summed E-state index contributed by atoms with van der Waals surface area (Å²) in [6.45, 7) is 11.8. The van der Waals surface area contributed by atoms with Gasteiger partial charge in [0.1, 0.15) is 23.7 Å². The average Bonchev–Trinajstić information content (AvgIpc) is 3.40. The molecule has 12 atom stereocenters. The summed E-state index contributed by atoms with van der Waals surface area (Å²) < 4.78 is 24.9. The van der Waals surface area contributed by atoms with E-state index in [0.717, 1.165) is 95.9 Å². The molecule has 12 rings (SSSR count). The Hall–Kier alpha value is -6.76. The number of carbonyl (C=O) groups excluding carboxylic acids is 2. The smallest absolute Gasteiger partial charge is 0.408 e. The number of fused-ring (bicyclic) bond motifs is 8. The number of pyridine rings is 2. The Morgan fingerprint density at radius 1 is 0.618 bits per heavy atom. The highest BCUT2D eigenvalue weighted by Crippen LogP contribution is 2.46. The molecule has 2 N–H and O–H groups in total. The molecule has 2 aromatic heterocycles. The molecule has 0 spiro atoms. The summed E-state index contributed by atoms with van der Waals surface area (Å²) in [5.41, 5.74) is 4.82. The molecule has 0 saturated carbocycles. The molecule has 6 aromatic rings. The van der Waals surface area contributed by atoms with E-state index < -0.39 is 36.5 Å². The summed E-state index contributed by atoms with van der Waals surface area (Å²) in [7, 11) is 3.29. The number of amides is 2. The van der Waals surface area contributed by atoms with Gasteiger partial charge in [0.25, 0.3) is 0 Å². The third kappa shape index (κ3) is 9.02. The zero-order chi connectivity index (χ0) is 46.7. The number of rotatable bonds is 15. The lowest BCUT2D eigenvalue weighted by atomic mass is 9.73. The van der Waals surface area contributed by atoms with E-state index in [1.54, 1.807) is 26.6 Å². The van der Waals surface area contributed by atoms with Crippen molar-refractivity contribution in [2.45, 2.75) is 62.1 Å². The van der Waals surface area contributed by atoms with Gasteiger partial charge in [0, 0.05) is 47.4 Å². The van der Waals surface area contributed by atoms with Gasteiger partial charge in [0.05, 0.1) is 49.4 Å². The maximum absolute atomic E-state index is 15.0. The van der Waals surface area contributed by atoms with E-state index in [9.17, 15) is 9.59 Å². The zero-order valence-electron chi connectivity index (χ0n) is 38.8. The second kappa shape index (κ2) is 19.8. The Kier molecular flexibility index (Phi) is 13.1. The molecule has 2 amide bonds. The lowest BCUT2D eigenvalue weighted by Gasteiger charge is -2.51. The summed E-state index contributed by atoms with van der Waals surface area (Å²) in [5, 5.41) is 8.28. The Balaban J connectivity index is 0.995. The molecule has 68 heavy (non-hydrogen) atoms. The van der Waals surface area contributed by atoms with Crippen LogP contribution in [0.1, 0.15) is 72.2 Å². The highest BCUT2D eigenvalue weighted by molar-refractivity contribution is 5.85. The topological polar surface area (TPSA) is 127 Å². The van der Waals surface area contributed by atoms with Crippen LogP contribution in [0, 0.1) is 23.7 Å². The van der Waals surface area contributed by atoms with Crippen molar-refractivity contribution < 1.29 is 28.5 Å². The van der Waals surface area contributed by atoms with Gasteiger partial charge in [-0.25, -0.2) is 9.59 Å². The van der Waals surface area contributed by atoms with Gasteiger partial charge in [-0.2, -0.15) is 0 Å². The second-order valence-corrected chi connectivity index (χ2v) is 18.8. The van der Waals surface area contributed by atoms with E-state index in [1.807, 2.05) is 109 Å². The van der Waals surface area contributed by atoms with Crippen molar-refractivity contribution in [2.24, 2.45) is 23.7 Å². The third-order valence-electron chi connectivity index (χ3n) is 15.3. The molecule has 6 fully saturated rings. The van der Waals surface area contributed by atoms with Gasteiger partial charge in [0.2, 0.25) is 0 Å². The molecule has 4 bridgehead atoms. The van der Waals surface area contributed by atoms with Gasteiger partial charge < -0.3 is 29.6 Å². The molecule has 4 aromatic carbocycles. The van der Waals surface area contributed by atoms with Crippen molar-refractivity contribution in [3.63, 3.8) is 0 Å². The largest absolute Gasteiger partial charge is 0.497 e. The van der Waals surface area contributed by atoms with Gasteiger partial charge in [-0.15, -0.1) is 13.2 Å². The Bertz CT molecular complexity index is 2580. The maximum Gasteiger partial charge on any atom is 0.408 e. The summed E-state index contributed by atoms with van der Waals surface area (Å²) >= 11 is 0. The number of aromatic nitrogens is 2. The summed E-state index contributed by atoms with van der Waals surface area (Å²) in [6.07, 6.45) is 8.98. The van der Waals surface area contributed by atoms with Crippen LogP contribution >= 0.6 is 0 Å². The lowest BCUT2D eigenvalue weighted by Crippen LogP contribution is -2.56. The van der Waals surface area contributed by atoms with Crippen LogP contribution in [0.25, 0.3) is 21.8 Å². The first-order valence-corrected chi connectivity index (χ1v) is 23.9. The molecule has 6 saturated heterocycles. The van der Waals surface area contributed by atoms with Crippen LogP contribution in [-0.2, 0) is 9.47 Å². The van der Waals surface area contributed by atoms with E-state index in [1.165, 1.54) is 0 Å². The van der Waals surface area contributed by atoms with Gasteiger partial charge in [0.15, 0.2) is 0 Å². The van der Waals surface area contributed by atoms with E-state index in [0.29, 0.717) is 35.2 Å². The van der Waals surface area contributed by atoms with E-state index in [-0.39, 0.29) is 12.1 Å². The van der Waals surface area contributed by atoms with Gasteiger partial charge in [-0.1, -0.05) is 72.8 Å². The van der Waals surface area contributed by atoms with Crippen molar-refractivity contribution in [3.8, 4) is 11.5 Å². The lowest BCUT2D eigenvalue weighted by molar-refractivity contribution is -0.0516. The fraction of sp³-hybridized carbons (Fsp3) is 0.357. The monoisotopic (exact) mass is 912 g/mol.